The van der Waals surface area contributed by atoms with Crippen LogP contribution in [0.5, 0.6) is 0 Å². The normalized spacial score (nSPS) is 9.15. The molecule has 0 amide bonds. The third kappa shape index (κ3) is 2.91. The van der Waals surface area contributed by atoms with Gasteiger partial charge in [0.05, 0.1) is 0 Å². The van der Waals surface area contributed by atoms with Gasteiger partial charge in [-0.1, -0.05) is 12.1 Å². The highest BCUT2D eigenvalue weighted by Crippen LogP contribution is 2.10. The van der Waals surface area contributed by atoms with Crippen LogP contribution >= 0.6 is 0 Å². The van der Waals surface area contributed by atoms with Crippen LogP contribution in [0.4, 0.5) is 4.39 Å². The predicted molar refractivity (Wildman–Crippen MR) is 52.9 cm³/mol. The third-order valence-electron chi connectivity index (χ3n) is 1.94. The lowest BCUT2D eigenvalue weighted by atomic mass is 10.1. The Balaban J connectivity index is 2.66. The van der Waals surface area contributed by atoms with Crippen LogP contribution in [-0.4, -0.2) is 0 Å². The van der Waals surface area contributed by atoms with E-state index in [1.807, 2.05) is 19.1 Å². The molecule has 0 heterocycles. The maximum atomic E-state index is 12.9. The molecule has 68 valence electrons. The molecule has 0 fully saturated rings. The van der Waals surface area contributed by atoms with Crippen LogP contribution in [0, 0.1) is 24.6 Å². The van der Waals surface area contributed by atoms with Crippen molar-refractivity contribution >= 4 is 0 Å². The minimum Gasteiger partial charge on any atom is -0.207 e. The molecule has 0 unspecified atom stereocenters. The number of hydrogen-bond acceptors (Lipinski definition) is 0. The summed E-state index contributed by atoms with van der Waals surface area (Å²) in [6.45, 7) is 3.61. The summed E-state index contributed by atoms with van der Waals surface area (Å²) in [6.07, 6.45) is 1.75. The minimum atomic E-state index is -0.134. The fourth-order valence-corrected chi connectivity index (χ4v) is 1.19. The molecule has 1 aromatic rings. The van der Waals surface area contributed by atoms with Crippen LogP contribution < -0.4 is 0 Å². The van der Waals surface area contributed by atoms with Crippen LogP contribution in [0.3, 0.4) is 0 Å². The largest absolute Gasteiger partial charge is 0.207 e. The van der Waals surface area contributed by atoms with E-state index in [1.54, 1.807) is 6.92 Å². The van der Waals surface area contributed by atoms with Crippen LogP contribution in [0.1, 0.15) is 24.5 Å². The third-order valence-corrected chi connectivity index (χ3v) is 1.94. The average Bonchev–Trinajstić information content (AvgIpc) is 2.12. The Hall–Kier alpha value is -1.29. The number of rotatable bonds is 2. The van der Waals surface area contributed by atoms with Crippen molar-refractivity contribution in [1.29, 1.82) is 0 Å². The Morgan fingerprint density at radius 1 is 1.38 bits per heavy atom. The molecule has 0 radical (unpaired) electrons. The first-order valence-corrected chi connectivity index (χ1v) is 4.38. The molecule has 0 aliphatic carbocycles. The van der Waals surface area contributed by atoms with E-state index in [9.17, 15) is 4.39 Å². The number of halogens is 1. The van der Waals surface area contributed by atoms with Gasteiger partial charge in [-0.05, 0) is 37.5 Å². The zero-order valence-electron chi connectivity index (χ0n) is 8.02. The quantitative estimate of drug-likeness (QED) is 0.607. The van der Waals surface area contributed by atoms with E-state index in [4.69, 9.17) is 0 Å². The zero-order valence-corrected chi connectivity index (χ0v) is 8.02. The maximum absolute atomic E-state index is 12.9. The highest BCUT2D eigenvalue weighted by molar-refractivity contribution is 5.24. The van der Waals surface area contributed by atoms with E-state index in [-0.39, 0.29) is 5.82 Å². The molecule has 0 N–H and O–H groups in total. The van der Waals surface area contributed by atoms with Gasteiger partial charge in [-0.25, -0.2) is 4.39 Å². The summed E-state index contributed by atoms with van der Waals surface area (Å²) in [6, 6.07) is 5.22. The summed E-state index contributed by atoms with van der Waals surface area (Å²) in [4.78, 5) is 0. The topological polar surface area (TPSA) is 0 Å². The second-order valence-electron chi connectivity index (χ2n) is 3.01. The lowest BCUT2D eigenvalue weighted by Crippen LogP contribution is -1.88. The molecule has 1 rings (SSSR count). The Morgan fingerprint density at radius 2 is 2.15 bits per heavy atom. The predicted octanol–water partition coefficient (Wildman–Crippen LogP) is 3.09. The van der Waals surface area contributed by atoms with E-state index < -0.39 is 0 Å². The lowest BCUT2D eigenvalue weighted by molar-refractivity contribution is 0.617. The molecule has 0 saturated heterocycles. The maximum Gasteiger partial charge on any atom is 0.126 e. The zero-order chi connectivity index (χ0) is 9.68. The van der Waals surface area contributed by atoms with Crippen LogP contribution in [-0.2, 0) is 6.42 Å². The van der Waals surface area contributed by atoms with Crippen molar-refractivity contribution in [1.82, 2.24) is 0 Å². The Labute approximate surface area is 78.8 Å². The molecule has 1 aromatic carbocycles. The van der Waals surface area contributed by atoms with Gasteiger partial charge in [0.25, 0.3) is 0 Å². The second kappa shape index (κ2) is 4.67. The van der Waals surface area contributed by atoms with Gasteiger partial charge in [-0.3, -0.25) is 0 Å². The highest BCUT2D eigenvalue weighted by atomic mass is 19.1. The summed E-state index contributed by atoms with van der Waals surface area (Å²) in [5, 5.41) is 0. The Bertz CT molecular complexity index is 342. The number of benzene rings is 1. The molecule has 0 spiro atoms. The summed E-state index contributed by atoms with van der Waals surface area (Å²) in [5.74, 6) is 5.69. The van der Waals surface area contributed by atoms with Gasteiger partial charge in [0.15, 0.2) is 0 Å². The summed E-state index contributed by atoms with van der Waals surface area (Å²) < 4.78 is 12.9. The molecule has 0 nitrogen and oxygen atoms in total. The fraction of sp³-hybridized carbons (Fsp3) is 0.333. The molecule has 0 atom stereocenters. The van der Waals surface area contributed by atoms with Crippen molar-refractivity contribution in [3.05, 3.63) is 35.1 Å². The monoisotopic (exact) mass is 176 g/mol. The smallest absolute Gasteiger partial charge is 0.126 e. The van der Waals surface area contributed by atoms with Gasteiger partial charge in [0.2, 0.25) is 0 Å². The van der Waals surface area contributed by atoms with E-state index in [0.29, 0.717) is 5.56 Å². The van der Waals surface area contributed by atoms with Gasteiger partial charge < -0.3 is 0 Å². The molecule has 13 heavy (non-hydrogen) atoms. The van der Waals surface area contributed by atoms with Crippen molar-refractivity contribution in [2.24, 2.45) is 0 Å². The van der Waals surface area contributed by atoms with Gasteiger partial charge in [-0.15, -0.1) is 11.8 Å². The van der Waals surface area contributed by atoms with Gasteiger partial charge >= 0.3 is 0 Å². The van der Waals surface area contributed by atoms with Crippen molar-refractivity contribution in [3.63, 3.8) is 0 Å². The first kappa shape index (κ1) is 9.80. The van der Waals surface area contributed by atoms with E-state index in [0.717, 1.165) is 18.4 Å². The van der Waals surface area contributed by atoms with Gasteiger partial charge in [0.1, 0.15) is 5.82 Å². The lowest BCUT2D eigenvalue weighted by Gasteiger charge is -2.00. The number of aryl methyl sites for hydroxylation is 2. The van der Waals surface area contributed by atoms with Gasteiger partial charge in [-0.2, -0.15) is 0 Å². The minimum absolute atomic E-state index is 0.134. The first-order valence-electron chi connectivity index (χ1n) is 4.38. The summed E-state index contributed by atoms with van der Waals surface area (Å²) in [5.41, 5.74) is 1.86. The van der Waals surface area contributed by atoms with Crippen molar-refractivity contribution in [2.45, 2.75) is 26.7 Å². The molecule has 0 bridgehead atoms. The molecule has 0 aliphatic rings. The molecule has 0 saturated carbocycles. The Morgan fingerprint density at radius 3 is 2.77 bits per heavy atom. The molecule has 1 heteroatoms. The van der Waals surface area contributed by atoms with Crippen molar-refractivity contribution in [3.8, 4) is 11.8 Å². The SMILES string of the molecule is CC#CCCc1ccc(F)c(C)c1. The summed E-state index contributed by atoms with van der Waals surface area (Å²) in [7, 11) is 0. The standard InChI is InChI=1S/C12H13F/c1-3-4-5-6-11-7-8-12(13)10(2)9-11/h7-9H,5-6H2,1-2H3. The van der Waals surface area contributed by atoms with Crippen LogP contribution in [0.2, 0.25) is 0 Å². The van der Waals surface area contributed by atoms with E-state index >= 15 is 0 Å². The van der Waals surface area contributed by atoms with Crippen molar-refractivity contribution in [2.75, 3.05) is 0 Å². The second-order valence-corrected chi connectivity index (χ2v) is 3.01. The Kier molecular flexibility index (Phi) is 3.52. The highest BCUT2D eigenvalue weighted by Gasteiger charge is 1.97. The fourth-order valence-electron chi connectivity index (χ4n) is 1.19. The molecule has 0 aromatic heterocycles. The van der Waals surface area contributed by atoms with Crippen molar-refractivity contribution < 1.29 is 4.39 Å². The first-order chi connectivity index (χ1) is 6.24. The van der Waals surface area contributed by atoms with Gasteiger partial charge in [0, 0.05) is 6.42 Å². The molecule has 0 aliphatic heterocycles. The summed E-state index contributed by atoms with van der Waals surface area (Å²) >= 11 is 0. The van der Waals surface area contributed by atoms with Crippen LogP contribution in [0.15, 0.2) is 18.2 Å². The molecular weight excluding hydrogens is 163 g/mol. The average molecular weight is 176 g/mol. The van der Waals surface area contributed by atoms with Crippen LogP contribution in [0.25, 0.3) is 0 Å². The number of hydrogen-bond donors (Lipinski definition) is 0. The van der Waals surface area contributed by atoms with E-state index in [2.05, 4.69) is 11.8 Å². The van der Waals surface area contributed by atoms with E-state index in [1.165, 1.54) is 6.07 Å². The molecular formula is C12H13F.